The van der Waals surface area contributed by atoms with Crippen LogP contribution in [-0.2, 0) is 16.1 Å². The van der Waals surface area contributed by atoms with Crippen molar-refractivity contribution < 1.29 is 19.1 Å². The molecule has 7 heteroatoms. The minimum absolute atomic E-state index is 0.0267. The second kappa shape index (κ2) is 10.8. The quantitative estimate of drug-likeness (QED) is 0.390. The minimum atomic E-state index is -0.629. The van der Waals surface area contributed by atoms with Crippen LogP contribution in [0.25, 0.3) is 6.08 Å². The van der Waals surface area contributed by atoms with Crippen molar-refractivity contribution in [2.24, 2.45) is 0 Å². The minimum Gasteiger partial charge on any atom is -0.490 e. The zero-order chi connectivity index (χ0) is 24.0. The van der Waals surface area contributed by atoms with Crippen molar-refractivity contribution >= 4 is 29.5 Å². The summed E-state index contributed by atoms with van der Waals surface area (Å²) in [7, 11) is 0. The number of amides is 2. The van der Waals surface area contributed by atoms with Gasteiger partial charge in [0.1, 0.15) is 11.6 Å². The van der Waals surface area contributed by atoms with E-state index in [9.17, 15) is 14.9 Å². The number of benzene rings is 2. The Kier molecular flexibility index (Phi) is 7.92. The Bertz CT molecular complexity index is 1180. The summed E-state index contributed by atoms with van der Waals surface area (Å²) in [5, 5.41) is 10.1. The van der Waals surface area contributed by atoms with Crippen LogP contribution in [0, 0.1) is 11.3 Å². The molecule has 0 spiro atoms. The molecule has 0 atom stereocenters. The second-order valence-corrected chi connectivity index (χ2v) is 7.85. The number of hydrogen-bond acceptors (Lipinski definition) is 5. The first-order chi connectivity index (χ1) is 15.9. The van der Waals surface area contributed by atoms with E-state index in [-0.39, 0.29) is 17.7 Å². The molecule has 1 aliphatic rings. The van der Waals surface area contributed by atoms with Crippen molar-refractivity contribution in [2.45, 2.75) is 33.7 Å². The van der Waals surface area contributed by atoms with Gasteiger partial charge in [-0.25, -0.2) is 0 Å². The molecule has 0 aromatic heterocycles. The van der Waals surface area contributed by atoms with Crippen molar-refractivity contribution in [3.8, 4) is 17.6 Å². The summed E-state index contributed by atoms with van der Waals surface area (Å²) in [4.78, 5) is 27.3. The molecule has 6 nitrogen and oxygen atoms in total. The fraction of sp³-hybridized carbons (Fsp3) is 0.269. The van der Waals surface area contributed by atoms with Crippen LogP contribution in [-0.4, -0.2) is 29.9 Å². The molecule has 0 saturated carbocycles. The van der Waals surface area contributed by atoms with Crippen LogP contribution in [0.15, 0.2) is 59.2 Å². The van der Waals surface area contributed by atoms with Gasteiger partial charge in [0.2, 0.25) is 0 Å². The largest absolute Gasteiger partial charge is 0.490 e. The number of nitrogens with zero attached hydrogens (tertiary/aromatic N) is 2. The molecule has 0 bridgehead atoms. The number of nitriles is 1. The number of carbonyl (C=O) groups excluding carboxylic acids is 2. The Labute approximate surface area is 198 Å². The summed E-state index contributed by atoms with van der Waals surface area (Å²) in [5.74, 6) is 0.0714. The van der Waals surface area contributed by atoms with Crippen LogP contribution < -0.4 is 9.47 Å². The van der Waals surface area contributed by atoms with Gasteiger partial charge in [0.15, 0.2) is 11.5 Å². The monoisotopic (exact) mass is 464 g/mol. The van der Waals surface area contributed by atoms with Crippen molar-refractivity contribution in [2.75, 3.05) is 13.2 Å². The molecule has 33 heavy (non-hydrogen) atoms. The van der Waals surface area contributed by atoms with Crippen molar-refractivity contribution in [1.29, 1.82) is 5.26 Å². The van der Waals surface area contributed by atoms with Crippen LogP contribution in [0.4, 0.5) is 0 Å². The van der Waals surface area contributed by atoms with Gasteiger partial charge in [-0.2, -0.15) is 5.26 Å². The number of halogens is 1. The summed E-state index contributed by atoms with van der Waals surface area (Å²) in [6.07, 6.45) is 2.52. The van der Waals surface area contributed by atoms with Crippen LogP contribution in [0.5, 0.6) is 11.5 Å². The Morgan fingerprint density at radius 2 is 1.82 bits per heavy atom. The first-order valence-electron chi connectivity index (χ1n) is 10.7. The molecule has 3 rings (SSSR count). The lowest BCUT2D eigenvalue weighted by Gasteiger charge is -2.27. The topological polar surface area (TPSA) is 79.6 Å². The third kappa shape index (κ3) is 5.27. The normalized spacial score (nSPS) is 15.1. The summed E-state index contributed by atoms with van der Waals surface area (Å²) in [6, 6.07) is 14.3. The van der Waals surface area contributed by atoms with E-state index in [2.05, 4.69) is 0 Å². The van der Waals surface area contributed by atoms with E-state index in [1.54, 1.807) is 49.4 Å². The maximum Gasteiger partial charge on any atom is 0.271 e. The van der Waals surface area contributed by atoms with E-state index in [1.807, 2.05) is 26.0 Å². The number of carbonyl (C=O) groups is 2. The Morgan fingerprint density at radius 3 is 2.48 bits per heavy atom. The van der Waals surface area contributed by atoms with Gasteiger partial charge in [0.25, 0.3) is 11.8 Å². The van der Waals surface area contributed by atoms with Gasteiger partial charge in [-0.1, -0.05) is 42.8 Å². The first kappa shape index (κ1) is 24.1. The number of imide groups is 1. The number of hydrogen-bond donors (Lipinski definition) is 0. The molecule has 1 heterocycles. The van der Waals surface area contributed by atoms with Crippen molar-refractivity contribution in [3.05, 3.63) is 75.3 Å². The molecule has 2 amide bonds. The summed E-state index contributed by atoms with van der Waals surface area (Å²) in [6.45, 7) is 6.50. The van der Waals surface area contributed by atoms with Gasteiger partial charge in [-0.15, -0.1) is 0 Å². The van der Waals surface area contributed by atoms with Gasteiger partial charge < -0.3 is 9.47 Å². The predicted molar refractivity (Wildman–Crippen MR) is 127 cm³/mol. The van der Waals surface area contributed by atoms with E-state index in [0.29, 0.717) is 46.4 Å². The first-order valence-corrected chi connectivity index (χ1v) is 11.1. The molecule has 0 unspecified atom stereocenters. The molecule has 0 radical (unpaired) electrons. The predicted octanol–water partition coefficient (Wildman–Crippen LogP) is 5.32. The van der Waals surface area contributed by atoms with Gasteiger partial charge >= 0.3 is 0 Å². The molecular weight excluding hydrogens is 440 g/mol. The third-order valence-corrected chi connectivity index (χ3v) is 5.52. The maximum atomic E-state index is 13.3. The average Bonchev–Trinajstić information content (AvgIpc) is 2.80. The Morgan fingerprint density at radius 1 is 1.06 bits per heavy atom. The van der Waals surface area contributed by atoms with E-state index in [4.69, 9.17) is 21.1 Å². The summed E-state index contributed by atoms with van der Waals surface area (Å²) < 4.78 is 11.4. The van der Waals surface area contributed by atoms with Gasteiger partial charge in [-0.3, -0.25) is 14.5 Å². The summed E-state index contributed by atoms with van der Waals surface area (Å²) >= 11 is 6.24. The highest BCUT2D eigenvalue weighted by Gasteiger charge is 2.35. The van der Waals surface area contributed by atoms with E-state index in [1.165, 1.54) is 0 Å². The smallest absolute Gasteiger partial charge is 0.271 e. The SMILES string of the molecule is CCCOc1ccc(/C=C2/C(=O)N(Cc3ccccc3Cl)C(=O)C(C#N)=C2C)cc1OCC. The number of ether oxygens (including phenoxy) is 2. The molecule has 0 aliphatic carbocycles. The maximum absolute atomic E-state index is 13.3. The Hall–Kier alpha value is -3.56. The van der Waals surface area contributed by atoms with Crippen LogP contribution in [0.3, 0.4) is 0 Å². The Balaban J connectivity index is 2.03. The van der Waals surface area contributed by atoms with E-state index in [0.717, 1.165) is 11.3 Å². The average molecular weight is 465 g/mol. The molecule has 1 aliphatic heterocycles. The molecule has 2 aromatic rings. The second-order valence-electron chi connectivity index (χ2n) is 7.45. The lowest BCUT2D eigenvalue weighted by atomic mass is 9.93. The van der Waals surface area contributed by atoms with Gasteiger partial charge in [0, 0.05) is 10.6 Å². The van der Waals surface area contributed by atoms with Crippen LogP contribution in [0.2, 0.25) is 5.02 Å². The molecular formula is C26H25ClN2O4. The third-order valence-electron chi connectivity index (χ3n) is 5.15. The molecule has 0 N–H and O–H groups in total. The molecule has 170 valence electrons. The van der Waals surface area contributed by atoms with Gasteiger partial charge in [0.05, 0.1) is 19.8 Å². The zero-order valence-corrected chi connectivity index (χ0v) is 19.6. The highest BCUT2D eigenvalue weighted by molar-refractivity contribution is 6.31. The van der Waals surface area contributed by atoms with Gasteiger partial charge in [-0.05, 0) is 61.2 Å². The fourth-order valence-corrected chi connectivity index (χ4v) is 3.65. The fourth-order valence-electron chi connectivity index (χ4n) is 3.45. The number of rotatable bonds is 8. The molecule has 0 saturated heterocycles. The van der Waals surface area contributed by atoms with E-state index < -0.39 is 11.8 Å². The van der Waals surface area contributed by atoms with Crippen molar-refractivity contribution in [1.82, 2.24) is 4.90 Å². The lowest BCUT2D eigenvalue weighted by Crippen LogP contribution is -2.42. The lowest BCUT2D eigenvalue weighted by molar-refractivity contribution is -0.141. The van der Waals surface area contributed by atoms with Crippen molar-refractivity contribution in [3.63, 3.8) is 0 Å². The summed E-state index contributed by atoms with van der Waals surface area (Å²) in [5.41, 5.74) is 1.85. The standard InChI is InChI=1S/C26H25ClN2O4/c1-4-12-33-23-11-10-18(14-24(23)32-5-2)13-20-17(3)21(15-28)26(31)29(25(20)30)16-19-8-6-7-9-22(19)27/h6-11,13-14H,4-5,12,16H2,1-3H3/b20-13+. The highest BCUT2D eigenvalue weighted by Crippen LogP contribution is 2.33. The van der Waals surface area contributed by atoms with Crippen LogP contribution in [0.1, 0.15) is 38.3 Å². The molecule has 0 fully saturated rings. The highest BCUT2D eigenvalue weighted by atomic mass is 35.5. The zero-order valence-electron chi connectivity index (χ0n) is 18.9. The van der Waals surface area contributed by atoms with Crippen LogP contribution >= 0.6 is 11.6 Å². The van der Waals surface area contributed by atoms with E-state index >= 15 is 0 Å². The molecule has 2 aromatic carbocycles.